The maximum Gasteiger partial charge on any atom is 0.143 e. The molecule has 4 aromatic rings. The number of benzene rings is 2. The summed E-state index contributed by atoms with van der Waals surface area (Å²) >= 11 is 0. The van der Waals surface area contributed by atoms with Gasteiger partial charge >= 0.3 is 0 Å². The van der Waals surface area contributed by atoms with Crippen LogP contribution in [0.3, 0.4) is 0 Å². The average Bonchev–Trinajstić information content (AvgIpc) is 3.81. The topological polar surface area (TPSA) is 77.0 Å². The van der Waals surface area contributed by atoms with E-state index in [-0.39, 0.29) is 11.5 Å². The molecule has 6 nitrogen and oxygen atoms in total. The number of hydrogen-bond donors (Lipinski definition) is 1. The Morgan fingerprint density at radius 2 is 1.36 bits per heavy atom. The fourth-order valence-corrected chi connectivity index (χ4v) is 3.99. The summed E-state index contributed by atoms with van der Waals surface area (Å²) < 4.78 is 16.9. The number of aliphatic hydroxyl groups is 1. The van der Waals surface area contributed by atoms with Gasteiger partial charge in [-0.2, -0.15) is 0 Å². The van der Waals surface area contributed by atoms with Crippen molar-refractivity contribution in [3.05, 3.63) is 120 Å². The molecule has 5 rings (SSSR count). The molecule has 1 aliphatic heterocycles. The number of hydrogen-bond acceptors (Lipinski definition) is 6. The smallest absolute Gasteiger partial charge is 0.143 e. The van der Waals surface area contributed by atoms with E-state index in [0.717, 1.165) is 47.5 Å². The van der Waals surface area contributed by atoms with Crippen LogP contribution in [0, 0.1) is 5.41 Å². The number of pyridine rings is 2. The lowest BCUT2D eigenvalue weighted by atomic mass is 9.88. The van der Waals surface area contributed by atoms with E-state index in [9.17, 15) is 5.11 Å². The summed E-state index contributed by atoms with van der Waals surface area (Å²) in [6.07, 6.45) is 8.25. The van der Waals surface area contributed by atoms with Crippen LogP contribution in [0.15, 0.2) is 97.6 Å². The molecule has 2 unspecified atom stereocenters. The molecule has 0 radical (unpaired) electrons. The minimum absolute atomic E-state index is 0.198. The number of nitrogens with zero attached hydrogens (tertiary/aromatic N) is 2. The monoisotopic (exact) mass is 526 g/mol. The molecule has 1 aliphatic rings. The molecule has 2 aromatic carbocycles. The molecule has 1 N–H and O–H groups in total. The summed E-state index contributed by atoms with van der Waals surface area (Å²) in [7, 11) is 0. The van der Waals surface area contributed by atoms with E-state index in [0.29, 0.717) is 19.0 Å². The molecule has 0 saturated carbocycles. The maximum absolute atomic E-state index is 10.5. The Morgan fingerprint density at radius 1 is 0.821 bits per heavy atom. The molecule has 0 aliphatic carbocycles. The highest BCUT2D eigenvalue weighted by atomic mass is 16.6. The summed E-state index contributed by atoms with van der Waals surface area (Å²) in [5.41, 5.74) is 4.37. The van der Waals surface area contributed by atoms with Crippen molar-refractivity contribution in [2.75, 3.05) is 6.61 Å². The van der Waals surface area contributed by atoms with E-state index in [1.54, 1.807) is 24.8 Å². The molecule has 1 saturated heterocycles. The molecule has 0 bridgehead atoms. The van der Waals surface area contributed by atoms with E-state index in [2.05, 4.69) is 30.7 Å². The Labute approximate surface area is 231 Å². The zero-order chi connectivity index (χ0) is 27.5. The SMILES string of the molecule is CC(C)(C)CCC(O)c1ccncc1OCc1ccccc1.c1ccc(COc2cnccc2C2CO2)cc1. The van der Waals surface area contributed by atoms with Crippen LogP contribution < -0.4 is 9.47 Å². The zero-order valence-electron chi connectivity index (χ0n) is 23.0. The number of ether oxygens (including phenoxy) is 3. The minimum atomic E-state index is -0.520. The van der Waals surface area contributed by atoms with Crippen molar-refractivity contribution in [3.8, 4) is 11.5 Å². The van der Waals surface area contributed by atoms with Gasteiger partial charge in [0.1, 0.15) is 30.8 Å². The van der Waals surface area contributed by atoms with Crippen LogP contribution in [-0.4, -0.2) is 21.7 Å². The van der Waals surface area contributed by atoms with Gasteiger partial charge in [-0.3, -0.25) is 9.97 Å². The largest absolute Gasteiger partial charge is 0.487 e. The van der Waals surface area contributed by atoms with E-state index in [4.69, 9.17) is 14.2 Å². The molecule has 2 atom stereocenters. The molecule has 6 heteroatoms. The molecule has 2 aromatic heterocycles. The number of rotatable bonds is 10. The quantitative estimate of drug-likeness (QED) is 0.219. The van der Waals surface area contributed by atoms with Crippen molar-refractivity contribution in [1.82, 2.24) is 9.97 Å². The molecule has 0 amide bonds. The van der Waals surface area contributed by atoms with E-state index in [1.807, 2.05) is 72.8 Å². The Balaban J connectivity index is 0.000000186. The van der Waals surface area contributed by atoms with Crippen LogP contribution in [-0.2, 0) is 18.0 Å². The van der Waals surface area contributed by atoms with Crippen LogP contribution in [0.2, 0.25) is 0 Å². The first-order valence-corrected chi connectivity index (χ1v) is 13.4. The predicted molar refractivity (Wildman–Crippen MR) is 152 cm³/mol. The van der Waals surface area contributed by atoms with Gasteiger partial charge in [-0.1, -0.05) is 81.4 Å². The molecule has 0 spiro atoms. The second-order valence-corrected chi connectivity index (χ2v) is 10.8. The minimum Gasteiger partial charge on any atom is -0.487 e. The van der Waals surface area contributed by atoms with Gasteiger partial charge < -0.3 is 19.3 Å². The van der Waals surface area contributed by atoms with Gasteiger partial charge in [0.15, 0.2) is 0 Å². The fourth-order valence-electron chi connectivity index (χ4n) is 3.99. The van der Waals surface area contributed by atoms with Crippen LogP contribution in [0.4, 0.5) is 0 Å². The summed E-state index contributed by atoms with van der Waals surface area (Å²) in [4.78, 5) is 8.20. The zero-order valence-corrected chi connectivity index (χ0v) is 23.0. The molecular formula is C33H38N2O4. The van der Waals surface area contributed by atoms with Crippen molar-refractivity contribution in [2.45, 2.75) is 59.0 Å². The van der Waals surface area contributed by atoms with Crippen molar-refractivity contribution in [2.24, 2.45) is 5.41 Å². The van der Waals surface area contributed by atoms with E-state index >= 15 is 0 Å². The van der Waals surface area contributed by atoms with Crippen LogP contribution in [0.1, 0.15) is 68.1 Å². The Bertz CT molecular complexity index is 1270. The Kier molecular flexibility index (Phi) is 10.1. The van der Waals surface area contributed by atoms with Crippen molar-refractivity contribution < 1.29 is 19.3 Å². The first-order valence-electron chi connectivity index (χ1n) is 13.4. The lowest BCUT2D eigenvalue weighted by Crippen LogP contribution is -2.09. The number of aliphatic hydroxyl groups excluding tert-OH is 1. The molecule has 1 fully saturated rings. The van der Waals surface area contributed by atoms with E-state index in [1.165, 1.54) is 0 Å². The lowest BCUT2D eigenvalue weighted by molar-refractivity contribution is 0.142. The Hall–Kier alpha value is -3.74. The van der Waals surface area contributed by atoms with Crippen LogP contribution >= 0.6 is 0 Å². The highest BCUT2D eigenvalue weighted by molar-refractivity contribution is 5.34. The summed E-state index contributed by atoms with van der Waals surface area (Å²) in [5.74, 6) is 1.48. The number of aromatic nitrogens is 2. The molecule has 3 heterocycles. The van der Waals surface area contributed by atoms with Gasteiger partial charge in [-0.25, -0.2) is 0 Å². The number of epoxide rings is 1. The third-order valence-electron chi connectivity index (χ3n) is 6.31. The van der Waals surface area contributed by atoms with Gasteiger partial charge in [-0.05, 0) is 41.5 Å². The maximum atomic E-state index is 10.5. The fraction of sp³-hybridized carbons (Fsp3) is 0.333. The second-order valence-electron chi connectivity index (χ2n) is 10.8. The first-order chi connectivity index (χ1) is 18.9. The second kappa shape index (κ2) is 13.9. The first kappa shape index (κ1) is 28.3. The summed E-state index contributed by atoms with van der Waals surface area (Å²) in [6, 6.07) is 23.9. The Morgan fingerprint density at radius 3 is 1.92 bits per heavy atom. The van der Waals surface area contributed by atoms with Crippen molar-refractivity contribution in [1.29, 1.82) is 0 Å². The molecular weight excluding hydrogens is 488 g/mol. The van der Waals surface area contributed by atoms with Crippen molar-refractivity contribution >= 4 is 0 Å². The standard InChI is InChI=1S/C19H25NO2.C14H13NO2/c1-19(2,3)11-9-17(21)16-10-12-20-13-18(16)22-14-15-7-5-4-6-8-15;1-2-4-11(5-3-1)9-16-13-8-15-7-6-12(13)14-10-17-14/h4-8,10,12-13,17,21H,9,11,14H2,1-3H3;1-8,14H,9-10H2. The van der Waals surface area contributed by atoms with Crippen molar-refractivity contribution in [3.63, 3.8) is 0 Å². The van der Waals surface area contributed by atoms with Crippen LogP contribution in [0.5, 0.6) is 11.5 Å². The van der Waals surface area contributed by atoms with E-state index < -0.39 is 6.10 Å². The van der Waals surface area contributed by atoms with Gasteiger partial charge in [0, 0.05) is 23.5 Å². The highest BCUT2D eigenvalue weighted by Crippen LogP contribution is 2.36. The predicted octanol–water partition coefficient (Wildman–Crippen LogP) is 7.25. The van der Waals surface area contributed by atoms with Gasteiger partial charge in [-0.15, -0.1) is 0 Å². The lowest BCUT2D eigenvalue weighted by Gasteiger charge is -2.21. The van der Waals surface area contributed by atoms with Gasteiger partial charge in [0.25, 0.3) is 0 Å². The van der Waals surface area contributed by atoms with Crippen LogP contribution in [0.25, 0.3) is 0 Å². The average molecular weight is 527 g/mol. The molecule has 39 heavy (non-hydrogen) atoms. The summed E-state index contributed by atoms with van der Waals surface area (Å²) in [6.45, 7) is 8.36. The summed E-state index contributed by atoms with van der Waals surface area (Å²) in [5, 5.41) is 10.5. The van der Waals surface area contributed by atoms with Gasteiger partial charge in [0.05, 0.1) is 25.1 Å². The van der Waals surface area contributed by atoms with Gasteiger partial charge in [0.2, 0.25) is 0 Å². The third-order valence-corrected chi connectivity index (χ3v) is 6.31. The molecule has 204 valence electrons. The normalized spacial score (nSPS) is 15.0. The highest BCUT2D eigenvalue weighted by Gasteiger charge is 2.28. The third kappa shape index (κ3) is 9.50.